The van der Waals surface area contributed by atoms with Crippen molar-refractivity contribution in [2.45, 2.75) is 35.9 Å². The van der Waals surface area contributed by atoms with Crippen LogP contribution in [0.3, 0.4) is 0 Å². The molecule has 0 N–H and O–H groups in total. The second kappa shape index (κ2) is 11.9. The van der Waals surface area contributed by atoms with Gasteiger partial charge in [-0.15, -0.1) is 0 Å². The zero-order chi connectivity index (χ0) is 34.5. The molecule has 0 unspecified atom stereocenters. The molecule has 7 aromatic carbocycles. The summed E-state index contributed by atoms with van der Waals surface area (Å²) < 4.78 is 25.7. The van der Waals surface area contributed by atoms with Crippen molar-refractivity contribution in [1.82, 2.24) is 0 Å². The zero-order valence-electron chi connectivity index (χ0n) is 29.5. The molecule has 0 nitrogen and oxygen atoms in total. The average Bonchev–Trinajstić information content (AvgIpc) is 3.15. The molecule has 8 rings (SSSR count). The largest absolute Gasteiger partial charge is 0.0888 e. The molecule has 0 saturated carbocycles. The molecular weight excluding hydrogens is 585 g/mol. The zero-order valence-corrected chi connectivity index (χ0v) is 27.3. The lowest BCUT2D eigenvalue weighted by Gasteiger charge is -2.36. The molecule has 1 aliphatic rings. The Labute approximate surface area is 287 Å². The third-order valence-electron chi connectivity index (χ3n) is 9.50. The number of rotatable bonds is 5. The van der Waals surface area contributed by atoms with Gasteiger partial charge in [-0.1, -0.05) is 183 Å². The molecule has 47 heavy (non-hydrogen) atoms. The summed E-state index contributed by atoms with van der Waals surface area (Å²) >= 11 is 1.69. The molecule has 226 valence electrons. The first kappa shape index (κ1) is 26.0. The van der Waals surface area contributed by atoms with Crippen LogP contribution in [0.25, 0.3) is 55.6 Å². The van der Waals surface area contributed by atoms with E-state index < -0.39 is 6.85 Å². The van der Waals surface area contributed by atoms with Gasteiger partial charge in [0.05, 0.1) is 0 Å². The highest BCUT2D eigenvalue weighted by atomic mass is 32.2. The standard InChI is InChI=1S/C46H36S/c1-31-23-30-40-45(47-41-22-14-13-21-39(41)46(40,2)3)42(31)35-24-26-36(27-25-35)44-38(33-17-9-5-10-18-33)29-28-37(32-15-7-4-8-16-32)43(44)34-19-11-6-12-20-34/h4-30H,1-3H3/i1D3. The van der Waals surface area contributed by atoms with Crippen molar-refractivity contribution in [3.05, 3.63) is 180 Å². The quantitative estimate of drug-likeness (QED) is 0.184. The fourth-order valence-electron chi connectivity index (χ4n) is 7.12. The summed E-state index contributed by atoms with van der Waals surface area (Å²) in [6.45, 7) is 2.21. The van der Waals surface area contributed by atoms with Gasteiger partial charge in [0, 0.05) is 19.3 Å². The average molecular weight is 624 g/mol. The number of aryl methyl sites for hydroxylation is 1. The second-order valence-corrected chi connectivity index (χ2v) is 13.7. The highest BCUT2D eigenvalue weighted by molar-refractivity contribution is 7.99. The first-order chi connectivity index (χ1) is 24.2. The van der Waals surface area contributed by atoms with Crippen molar-refractivity contribution in [3.63, 3.8) is 0 Å². The van der Waals surface area contributed by atoms with Crippen LogP contribution in [0.2, 0.25) is 0 Å². The Kier molecular flexibility index (Phi) is 6.60. The fourth-order valence-corrected chi connectivity index (χ4v) is 8.68. The highest BCUT2D eigenvalue weighted by Crippen LogP contribution is 2.53. The monoisotopic (exact) mass is 623 g/mol. The smallest absolute Gasteiger partial charge is 0.0280 e. The Balaban J connectivity index is 1.37. The van der Waals surface area contributed by atoms with Gasteiger partial charge in [-0.05, 0) is 85.2 Å². The summed E-state index contributed by atoms with van der Waals surface area (Å²) in [7, 11) is 0. The molecule has 0 aromatic heterocycles. The van der Waals surface area contributed by atoms with Crippen LogP contribution in [0.15, 0.2) is 174 Å². The first-order valence-electron chi connectivity index (χ1n) is 17.6. The third kappa shape index (κ3) is 5.12. The van der Waals surface area contributed by atoms with E-state index in [0.717, 1.165) is 60.5 Å². The van der Waals surface area contributed by atoms with E-state index in [1.54, 1.807) is 11.8 Å². The van der Waals surface area contributed by atoms with E-state index in [1.807, 2.05) is 12.1 Å². The fraction of sp³-hybridized carbons (Fsp3) is 0.0870. The van der Waals surface area contributed by atoms with E-state index in [4.69, 9.17) is 4.11 Å². The number of benzene rings is 7. The van der Waals surface area contributed by atoms with Crippen molar-refractivity contribution in [2.24, 2.45) is 0 Å². The van der Waals surface area contributed by atoms with Gasteiger partial charge in [0.15, 0.2) is 0 Å². The van der Waals surface area contributed by atoms with Gasteiger partial charge in [0.2, 0.25) is 0 Å². The maximum atomic E-state index is 8.58. The summed E-state index contributed by atoms with van der Waals surface area (Å²) in [6, 6.07) is 57.2. The van der Waals surface area contributed by atoms with E-state index in [1.165, 1.54) is 16.0 Å². The Bertz CT molecular complexity index is 2320. The van der Waals surface area contributed by atoms with Gasteiger partial charge in [-0.3, -0.25) is 0 Å². The topological polar surface area (TPSA) is 0 Å². The third-order valence-corrected chi connectivity index (χ3v) is 10.7. The molecular formula is C46H36S. The first-order valence-corrected chi connectivity index (χ1v) is 16.9. The van der Waals surface area contributed by atoms with Crippen LogP contribution in [0.4, 0.5) is 0 Å². The van der Waals surface area contributed by atoms with Gasteiger partial charge in [0.1, 0.15) is 0 Å². The van der Waals surface area contributed by atoms with Crippen molar-refractivity contribution in [2.75, 3.05) is 0 Å². The minimum absolute atomic E-state index is 0.272. The summed E-state index contributed by atoms with van der Waals surface area (Å²) in [5, 5.41) is 0. The van der Waals surface area contributed by atoms with Crippen LogP contribution in [0.1, 0.15) is 34.7 Å². The van der Waals surface area contributed by atoms with Gasteiger partial charge < -0.3 is 0 Å². The van der Waals surface area contributed by atoms with Crippen molar-refractivity contribution >= 4 is 11.8 Å². The van der Waals surface area contributed by atoms with Crippen LogP contribution in [0, 0.1) is 6.85 Å². The molecule has 0 fully saturated rings. The molecule has 1 heterocycles. The summed E-state index contributed by atoms with van der Waals surface area (Å²) in [4.78, 5) is 2.19. The maximum absolute atomic E-state index is 8.58. The Morgan fingerprint density at radius 2 is 0.894 bits per heavy atom. The van der Waals surface area contributed by atoms with Crippen LogP contribution in [-0.2, 0) is 5.41 Å². The summed E-state index contributed by atoms with van der Waals surface area (Å²) in [5.41, 5.74) is 13.4. The predicted molar refractivity (Wildman–Crippen MR) is 201 cm³/mol. The number of fused-ring (bicyclic) bond motifs is 2. The predicted octanol–water partition coefficient (Wildman–Crippen LogP) is 13.1. The molecule has 1 aliphatic heterocycles. The molecule has 0 spiro atoms. The summed E-state index contributed by atoms with van der Waals surface area (Å²) in [5.74, 6) is 0. The van der Waals surface area contributed by atoms with E-state index >= 15 is 0 Å². The Morgan fingerprint density at radius 1 is 0.426 bits per heavy atom. The van der Waals surface area contributed by atoms with Gasteiger partial charge in [0.25, 0.3) is 0 Å². The SMILES string of the molecule is [2H]C([2H])([2H])c1ccc2c(c1-c1ccc(-c3c(-c4ccccc4)ccc(-c4ccccc4)c3-c3ccccc3)cc1)Sc1ccccc1C2(C)C. The second-order valence-electron chi connectivity index (χ2n) is 12.7. The van der Waals surface area contributed by atoms with Crippen LogP contribution >= 0.6 is 11.8 Å². The van der Waals surface area contributed by atoms with E-state index in [9.17, 15) is 0 Å². The molecule has 1 heteroatoms. The molecule has 0 atom stereocenters. The molecule has 0 amide bonds. The molecule has 0 aliphatic carbocycles. The normalized spacial score (nSPS) is 14.3. The van der Waals surface area contributed by atoms with Crippen molar-refractivity contribution in [3.8, 4) is 55.6 Å². The van der Waals surface area contributed by atoms with Crippen molar-refractivity contribution in [1.29, 1.82) is 0 Å². The van der Waals surface area contributed by atoms with Gasteiger partial charge in [-0.25, -0.2) is 0 Å². The summed E-state index contributed by atoms with van der Waals surface area (Å²) in [6.07, 6.45) is 0. The maximum Gasteiger partial charge on any atom is 0.0280 e. The lowest BCUT2D eigenvalue weighted by Crippen LogP contribution is -2.24. The van der Waals surface area contributed by atoms with Gasteiger partial charge in [-0.2, -0.15) is 0 Å². The molecule has 0 saturated heterocycles. The lowest BCUT2D eigenvalue weighted by atomic mass is 9.76. The van der Waals surface area contributed by atoms with Gasteiger partial charge >= 0.3 is 0 Å². The van der Waals surface area contributed by atoms with E-state index in [2.05, 4.69) is 166 Å². The molecule has 0 radical (unpaired) electrons. The lowest BCUT2D eigenvalue weighted by molar-refractivity contribution is 0.607. The van der Waals surface area contributed by atoms with E-state index in [0.29, 0.717) is 5.56 Å². The minimum Gasteiger partial charge on any atom is -0.0888 e. The van der Waals surface area contributed by atoms with Crippen molar-refractivity contribution < 1.29 is 4.11 Å². The van der Waals surface area contributed by atoms with Crippen LogP contribution < -0.4 is 0 Å². The van der Waals surface area contributed by atoms with Crippen LogP contribution in [-0.4, -0.2) is 0 Å². The van der Waals surface area contributed by atoms with Crippen LogP contribution in [0.5, 0.6) is 0 Å². The highest BCUT2D eigenvalue weighted by Gasteiger charge is 2.34. The molecule has 0 bridgehead atoms. The minimum atomic E-state index is -2.27. The Hall–Kier alpha value is -5.11. The number of hydrogen-bond donors (Lipinski definition) is 0. The Morgan fingerprint density at radius 3 is 1.45 bits per heavy atom. The number of hydrogen-bond acceptors (Lipinski definition) is 1. The van der Waals surface area contributed by atoms with E-state index in [-0.39, 0.29) is 5.41 Å². The molecule has 7 aromatic rings.